The van der Waals surface area contributed by atoms with Crippen LogP contribution in [0.4, 0.5) is 4.79 Å². The van der Waals surface area contributed by atoms with Crippen molar-refractivity contribution in [2.45, 2.75) is 43.8 Å². The number of hydrogen-bond donors (Lipinski definition) is 0. The van der Waals surface area contributed by atoms with Gasteiger partial charge in [-0.3, -0.25) is 4.98 Å². The van der Waals surface area contributed by atoms with Crippen molar-refractivity contribution < 1.29 is 14.3 Å². The van der Waals surface area contributed by atoms with Crippen LogP contribution in [0.1, 0.15) is 32.1 Å². The summed E-state index contributed by atoms with van der Waals surface area (Å²) in [5.74, 6) is 0.796. The van der Waals surface area contributed by atoms with Crippen molar-refractivity contribution in [2.75, 3.05) is 32.8 Å². The van der Waals surface area contributed by atoms with Gasteiger partial charge in [-0.2, -0.15) is 0 Å². The SMILES string of the molecule is O=C(N1CCCC1)N1CCC2(CC1)CC(Oc1cccnc1)CO2. The van der Waals surface area contributed by atoms with Gasteiger partial charge in [0.15, 0.2) is 0 Å². The zero-order valence-electron chi connectivity index (χ0n) is 14.0. The van der Waals surface area contributed by atoms with Crippen LogP contribution in [0.3, 0.4) is 0 Å². The van der Waals surface area contributed by atoms with E-state index in [9.17, 15) is 4.79 Å². The molecule has 3 saturated heterocycles. The first-order chi connectivity index (χ1) is 11.7. The molecule has 0 N–H and O–H groups in total. The monoisotopic (exact) mass is 331 g/mol. The second-order valence-electron chi connectivity index (χ2n) is 7.09. The van der Waals surface area contributed by atoms with Crippen LogP contribution in [0.5, 0.6) is 5.75 Å². The highest BCUT2D eigenvalue weighted by atomic mass is 16.6. The maximum atomic E-state index is 12.5. The highest BCUT2D eigenvalue weighted by Gasteiger charge is 2.44. The number of hydrogen-bond acceptors (Lipinski definition) is 4. The topological polar surface area (TPSA) is 54.9 Å². The van der Waals surface area contributed by atoms with Crippen molar-refractivity contribution in [1.82, 2.24) is 14.8 Å². The number of amides is 2. The number of carbonyl (C=O) groups excluding carboxylic acids is 1. The minimum Gasteiger partial charge on any atom is -0.486 e. The van der Waals surface area contributed by atoms with Gasteiger partial charge in [0.1, 0.15) is 11.9 Å². The van der Waals surface area contributed by atoms with Gasteiger partial charge >= 0.3 is 6.03 Å². The van der Waals surface area contributed by atoms with E-state index >= 15 is 0 Å². The third kappa shape index (κ3) is 3.20. The Morgan fingerprint density at radius 2 is 1.96 bits per heavy atom. The molecule has 0 radical (unpaired) electrons. The number of piperidine rings is 1. The Morgan fingerprint density at radius 3 is 2.67 bits per heavy atom. The second kappa shape index (κ2) is 6.59. The normalized spacial score (nSPS) is 26.1. The molecule has 1 unspecified atom stereocenters. The summed E-state index contributed by atoms with van der Waals surface area (Å²) >= 11 is 0. The molecule has 0 aromatic carbocycles. The Balaban J connectivity index is 1.30. The van der Waals surface area contributed by atoms with Gasteiger partial charge in [0, 0.05) is 38.8 Å². The Morgan fingerprint density at radius 1 is 1.21 bits per heavy atom. The van der Waals surface area contributed by atoms with Crippen molar-refractivity contribution in [1.29, 1.82) is 0 Å². The van der Waals surface area contributed by atoms with Crippen LogP contribution in [0.15, 0.2) is 24.5 Å². The van der Waals surface area contributed by atoms with E-state index in [4.69, 9.17) is 9.47 Å². The molecule has 2 amide bonds. The Hall–Kier alpha value is -1.82. The molecule has 130 valence electrons. The van der Waals surface area contributed by atoms with Crippen molar-refractivity contribution in [3.8, 4) is 5.75 Å². The zero-order chi connectivity index (χ0) is 16.4. The molecule has 6 heteroatoms. The van der Waals surface area contributed by atoms with E-state index < -0.39 is 0 Å². The number of ether oxygens (including phenoxy) is 2. The van der Waals surface area contributed by atoms with Crippen LogP contribution in [0, 0.1) is 0 Å². The fourth-order valence-electron chi connectivity index (χ4n) is 4.05. The lowest BCUT2D eigenvalue weighted by Gasteiger charge is -2.39. The van der Waals surface area contributed by atoms with Crippen LogP contribution in [0.2, 0.25) is 0 Å². The fourth-order valence-corrected chi connectivity index (χ4v) is 4.05. The van der Waals surface area contributed by atoms with Gasteiger partial charge in [-0.25, -0.2) is 4.79 Å². The van der Waals surface area contributed by atoms with E-state index in [1.165, 1.54) is 0 Å². The predicted molar refractivity (Wildman–Crippen MR) is 89.0 cm³/mol. The molecule has 0 aliphatic carbocycles. The average molecular weight is 331 g/mol. The van der Waals surface area contributed by atoms with Gasteiger partial charge in [0.2, 0.25) is 0 Å². The average Bonchev–Trinajstić information content (AvgIpc) is 3.27. The molecule has 3 aliphatic heterocycles. The molecular weight excluding hydrogens is 306 g/mol. The summed E-state index contributed by atoms with van der Waals surface area (Å²) in [6, 6.07) is 4.02. The third-order valence-corrected chi connectivity index (χ3v) is 5.43. The highest BCUT2D eigenvalue weighted by molar-refractivity contribution is 5.74. The van der Waals surface area contributed by atoms with Crippen LogP contribution < -0.4 is 4.74 Å². The van der Waals surface area contributed by atoms with Crippen LogP contribution >= 0.6 is 0 Å². The lowest BCUT2D eigenvalue weighted by molar-refractivity contribution is -0.0387. The van der Waals surface area contributed by atoms with E-state index in [0.29, 0.717) is 6.61 Å². The van der Waals surface area contributed by atoms with Gasteiger partial charge < -0.3 is 19.3 Å². The van der Waals surface area contributed by atoms with E-state index in [0.717, 1.165) is 64.0 Å². The minimum absolute atomic E-state index is 0.0787. The molecule has 1 spiro atoms. The van der Waals surface area contributed by atoms with Crippen molar-refractivity contribution in [3.05, 3.63) is 24.5 Å². The summed E-state index contributed by atoms with van der Waals surface area (Å²) < 4.78 is 12.1. The lowest BCUT2D eigenvalue weighted by Crippen LogP contribution is -2.50. The first-order valence-corrected chi connectivity index (χ1v) is 8.99. The molecule has 0 bridgehead atoms. The van der Waals surface area contributed by atoms with Gasteiger partial charge in [-0.1, -0.05) is 0 Å². The zero-order valence-corrected chi connectivity index (χ0v) is 14.0. The number of urea groups is 1. The second-order valence-corrected chi connectivity index (χ2v) is 7.09. The fraction of sp³-hybridized carbons (Fsp3) is 0.667. The minimum atomic E-state index is -0.116. The molecule has 3 fully saturated rings. The highest BCUT2D eigenvalue weighted by Crippen LogP contribution is 2.37. The van der Waals surface area contributed by atoms with Gasteiger partial charge in [0.05, 0.1) is 18.4 Å². The summed E-state index contributed by atoms with van der Waals surface area (Å²) in [7, 11) is 0. The number of aromatic nitrogens is 1. The number of rotatable bonds is 2. The Bertz CT molecular complexity index is 566. The maximum Gasteiger partial charge on any atom is 0.320 e. The molecular formula is C18H25N3O3. The largest absolute Gasteiger partial charge is 0.486 e. The van der Waals surface area contributed by atoms with Crippen LogP contribution in [0.25, 0.3) is 0 Å². The molecule has 3 aliphatic rings. The maximum absolute atomic E-state index is 12.5. The molecule has 0 saturated carbocycles. The Kier molecular flexibility index (Phi) is 4.31. The number of likely N-dealkylation sites (tertiary alicyclic amines) is 2. The van der Waals surface area contributed by atoms with Crippen molar-refractivity contribution >= 4 is 6.03 Å². The molecule has 4 heterocycles. The quantitative estimate of drug-likeness (QED) is 0.834. The summed E-state index contributed by atoms with van der Waals surface area (Å²) in [5.41, 5.74) is -0.116. The summed E-state index contributed by atoms with van der Waals surface area (Å²) in [5, 5.41) is 0. The van der Waals surface area contributed by atoms with Crippen molar-refractivity contribution in [2.24, 2.45) is 0 Å². The molecule has 1 atom stereocenters. The molecule has 1 aromatic rings. The van der Waals surface area contributed by atoms with E-state index in [-0.39, 0.29) is 17.7 Å². The number of pyridine rings is 1. The molecule has 6 nitrogen and oxygen atoms in total. The molecule has 24 heavy (non-hydrogen) atoms. The Labute approximate surface area is 142 Å². The first kappa shape index (κ1) is 15.7. The van der Waals surface area contributed by atoms with E-state index in [1.54, 1.807) is 12.4 Å². The lowest BCUT2D eigenvalue weighted by atomic mass is 9.88. The van der Waals surface area contributed by atoms with E-state index in [1.807, 2.05) is 21.9 Å². The number of carbonyl (C=O) groups is 1. The first-order valence-electron chi connectivity index (χ1n) is 8.99. The van der Waals surface area contributed by atoms with Crippen LogP contribution in [-0.4, -0.2) is 65.3 Å². The van der Waals surface area contributed by atoms with Crippen molar-refractivity contribution in [3.63, 3.8) is 0 Å². The summed E-state index contributed by atoms with van der Waals surface area (Å²) in [6.45, 7) is 4.02. The molecule has 1 aromatic heterocycles. The van der Waals surface area contributed by atoms with Gasteiger partial charge in [0.25, 0.3) is 0 Å². The van der Waals surface area contributed by atoms with Gasteiger partial charge in [-0.15, -0.1) is 0 Å². The predicted octanol–water partition coefficient (Wildman–Crippen LogP) is 2.30. The summed E-state index contributed by atoms with van der Waals surface area (Å²) in [4.78, 5) is 20.6. The molecule has 4 rings (SSSR count). The number of nitrogens with zero attached hydrogens (tertiary/aromatic N) is 3. The van der Waals surface area contributed by atoms with Gasteiger partial charge in [-0.05, 0) is 37.8 Å². The smallest absolute Gasteiger partial charge is 0.320 e. The standard InChI is InChI=1S/C18H25N3O3/c22-17(20-8-1-2-9-20)21-10-5-18(6-11-21)12-16(14-23-18)24-15-4-3-7-19-13-15/h3-4,7,13,16H,1-2,5-6,8-12,14H2. The van der Waals surface area contributed by atoms with E-state index in [2.05, 4.69) is 4.98 Å². The van der Waals surface area contributed by atoms with Crippen LogP contribution in [-0.2, 0) is 4.74 Å². The third-order valence-electron chi connectivity index (χ3n) is 5.43. The summed E-state index contributed by atoms with van der Waals surface area (Å²) in [6.07, 6.45) is 8.54.